The molecule has 0 aromatic rings. The maximum absolute atomic E-state index is 9.76. The SMILES string of the molecule is NCCCCCN.O=CCCCC(=O)O. The van der Waals surface area contributed by atoms with E-state index in [0.717, 1.165) is 32.2 Å². The van der Waals surface area contributed by atoms with Gasteiger partial charge in [0.05, 0.1) is 0 Å². The Morgan fingerprint density at radius 2 is 1.60 bits per heavy atom. The van der Waals surface area contributed by atoms with E-state index in [1.807, 2.05) is 0 Å². The highest BCUT2D eigenvalue weighted by Gasteiger charge is 1.93. The van der Waals surface area contributed by atoms with Gasteiger partial charge < -0.3 is 21.4 Å². The van der Waals surface area contributed by atoms with Crippen molar-refractivity contribution in [2.24, 2.45) is 11.5 Å². The summed E-state index contributed by atoms with van der Waals surface area (Å²) in [5.41, 5.74) is 10.5. The molecule has 0 saturated heterocycles. The van der Waals surface area contributed by atoms with Crippen LogP contribution in [0.1, 0.15) is 38.5 Å². The lowest BCUT2D eigenvalue weighted by Gasteiger charge is -1.91. The summed E-state index contributed by atoms with van der Waals surface area (Å²) in [6.45, 7) is 1.61. The zero-order chi connectivity index (χ0) is 11.9. The van der Waals surface area contributed by atoms with Crippen LogP contribution in [0.15, 0.2) is 0 Å². The van der Waals surface area contributed by atoms with Crippen LogP contribution in [-0.2, 0) is 9.59 Å². The Labute approximate surface area is 90.8 Å². The number of rotatable bonds is 8. The first-order valence-corrected chi connectivity index (χ1v) is 5.24. The fourth-order valence-corrected chi connectivity index (χ4v) is 0.802. The van der Waals surface area contributed by atoms with Crippen molar-refractivity contribution in [1.82, 2.24) is 0 Å². The van der Waals surface area contributed by atoms with Gasteiger partial charge in [-0.25, -0.2) is 0 Å². The van der Waals surface area contributed by atoms with Crippen LogP contribution in [0.4, 0.5) is 0 Å². The summed E-state index contributed by atoms with van der Waals surface area (Å²) in [5, 5.41) is 8.02. The van der Waals surface area contributed by atoms with E-state index in [4.69, 9.17) is 16.6 Å². The van der Waals surface area contributed by atoms with Gasteiger partial charge in [0.1, 0.15) is 6.29 Å². The highest BCUT2D eigenvalue weighted by Crippen LogP contribution is 1.90. The number of unbranched alkanes of at least 4 members (excludes halogenated alkanes) is 3. The van der Waals surface area contributed by atoms with Gasteiger partial charge in [-0.3, -0.25) is 4.79 Å². The molecule has 0 amide bonds. The van der Waals surface area contributed by atoms with Gasteiger partial charge in [0.25, 0.3) is 0 Å². The second-order valence-electron chi connectivity index (χ2n) is 3.09. The minimum atomic E-state index is -0.841. The van der Waals surface area contributed by atoms with Crippen molar-refractivity contribution in [3.63, 3.8) is 0 Å². The third kappa shape index (κ3) is 24.6. The standard InChI is InChI=1S/C5H14N2.C5H8O3/c6-4-2-1-3-5-7;6-4-2-1-3-5(7)8/h1-7H2;4H,1-3H2,(H,7,8). The van der Waals surface area contributed by atoms with Crippen LogP contribution in [-0.4, -0.2) is 30.5 Å². The summed E-state index contributed by atoms with van der Waals surface area (Å²) in [7, 11) is 0. The summed E-state index contributed by atoms with van der Waals surface area (Å²) >= 11 is 0. The monoisotopic (exact) mass is 218 g/mol. The van der Waals surface area contributed by atoms with Gasteiger partial charge in [0.15, 0.2) is 0 Å². The van der Waals surface area contributed by atoms with E-state index in [1.54, 1.807) is 0 Å². The fourth-order valence-electron chi connectivity index (χ4n) is 0.802. The maximum Gasteiger partial charge on any atom is 0.303 e. The zero-order valence-electron chi connectivity index (χ0n) is 9.15. The Morgan fingerprint density at radius 1 is 1.07 bits per heavy atom. The molecule has 0 aliphatic rings. The fraction of sp³-hybridized carbons (Fsp3) is 0.800. The molecular formula is C10H22N2O3. The van der Waals surface area contributed by atoms with Crippen molar-refractivity contribution in [2.45, 2.75) is 38.5 Å². The normalized spacial score (nSPS) is 8.93. The van der Waals surface area contributed by atoms with Crippen molar-refractivity contribution >= 4 is 12.3 Å². The number of hydrogen-bond acceptors (Lipinski definition) is 4. The number of aldehydes is 1. The number of carboxylic acid groups (broad SMARTS) is 1. The Kier molecular flexibility index (Phi) is 17.1. The molecule has 0 heterocycles. The third-order valence-electron chi connectivity index (χ3n) is 1.62. The number of aliphatic carboxylic acids is 1. The first kappa shape index (κ1) is 16.5. The molecule has 5 nitrogen and oxygen atoms in total. The predicted octanol–water partition coefficient (Wildman–Crippen LogP) is 0.514. The van der Waals surface area contributed by atoms with Gasteiger partial charge in [-0.05, 0) is 32.4 Å². The quantitative estimate of drug-likeness (QED) is 0.406. The molecular weight excluding hydrogens is 196 g/mol. The van der Waals surface area contributed by atoms with Crippen LogP contribution in [0.25, 0.3) is 0 Å². The van der Waals surface area contributed by atoms with Crippen LogP contribution in [0.3, 0.4) is 0 Å². The number of nitrogens with two attached hydrogens (primary N) is 2. The number of carbonyl (C=O) groups is 2. The highest BCUT2D eigenvalue weighted by atomic mass is 16.4. The van der Waals surface area contributed by atoms with Gasteiger partial charge in [0.2, 0.25) is 0 Å². The summed E-state index contributed by atoms with van der Waals surface area (Å²) in [4.78, 5) is 19.4. The Balaban J connectivity index is 0. The molecule has 0 unspecified atom stereocenters. The summed E-state index contributed by atoms with van der Waals surface area (Å²) in [6, 6.07) is 0. The molecule has 5 heteroatoms. The molecule has 0 aliphatic heterocycles. The third-order valence-corrected chi connectivity index (χ3v) is 1.62. The van der Waals surface area contributed by atoms with Crippen molar-refractivity contribution in [3.05, 3.63) is 0 Å². The molecule has 5 N–H and O–H groups in total. The molecule has 90 valence electrons. The van der Waals surface area contributed by atoms with Gasteiger partial charge in [-0.1, -0.05) is 6.42 Å². The molecule has 0 saturated carbocycles. The number of carboxylic acids is 1. The van der Waals surface area contributed by atoms with Gasteiger partial charge >= 0.3 is 5.97 Å². The van der Waals surface area contributed by atoms with Crippen molar-refractivity contribution in [2.75, 3.05) is 13.1 Å². The van der Waals surface area contributed by atoms with Crippen LogP contribution in [0.5, 0.6) is 0 Å². The number of carbonyl (C=O) groups excluding carboxylic acids is 1. The van der Waals surface area contributed by atoms with E-state index in [0.29, 0.717) is 12.8 Å². The van der Waals surface area contributed by atoms with E-state index < -0.39 is 5.97 Å². The Hall–Kier alpha value is -0.940. The summed E-state index contributed by atoms with van der Waals surface area (Å²) in [6.07, 6.45) is 5.06. The van der Waals surface area contributed by atoms with Crippen LogP contribution in [0.2, 0.25) is 0 Å². The maximum atomic E-state index is 9.76. The topological polar surface area (TPSA) is 106 Å². The first-order valence-electron chi connectivity index (χ1n) is 5.24. The lowest BCUT2D eigenvalue weighted by molar-refractivity contribution is -0.137. The molecule has 0 aromatic heterocycles. The van der Waals surface area contributed by atoms with Crippen molar-refractivity contribution in [1.29, 1.82) is 0 Å². The van der Waals surface area contributed by atoms with E-state index in [2.05, 4.69) is 0 Å². The molecule has 15 heavy (non-hydrogen) atoms. The van der Waals surface area contributed by atoms with E-state index in [1.165, 1.54) is 6.42 Å². The van der Waals surface area contributed by atoms with E-state index in [9.17, 15) is 9.59 Å². The van der Waals surface area contributed by atoms with Gasteiger partial charge in [-0.2, -0.15) is 0 Å². The molecule has 0 spiro atoms. The Morgan fingerprint density at radius 3 is 1.93 bits per heavy atom. The lowest BCUT2D eigenvalue weighted by Crippen LogP contribution is -2.02. The summed E-state index contributed by atoms with van der Waals surface area (Å²) < 4.78 is 0. The molecule has 0 radical (unpaired) electrons. The van der Waals surface area contributed by atoms with E-state index in [-0.39, 0.29) is 6.42 Å². The van der Waals surface area contributed by atoms with Crippen molar-refractivity contribution in [3.8, 4) is 0 Å². The first-order chi connectivity index (χ1) is 7.18. The van der Waals surface area contributed by atoms with E-state index >= 15 is 0 Å². The molecule has 0 fully saturated rings. The minimum absolute atomic E-state index is 0.0960. The average Bonchev–Trinajstić information content (AvgIpc) is 2.20. The molecule has 0 aliphatic carbocycles. The molecule has 0 aromatic carbocycles. The van der Waals surface area contributed by atoms with Gasteiger partial charge in [0, 0.05) is 12.8 Å². The Bertz CT molecular complexity index is 148. The summed E-state index contributed by atoms with van der Waals surface area (Å²) in [5.74, 6) is -0.841. The van der Waals surface area contributed by atoms with Crippen LogP contribution >= 0.6 is 0 Å². The predicted molar refractivity (Wildman–Crippen MR) is 59.5 cm³/mol. The molecule has 0 rings (SSSR count). The van der Waals surface area contributed by atoms with Gasteiger partial charge in [-0.15, -0.1) is 0 Å². The van der Waals surface area contributed by atoms with Crippen molar-refractivity contribution < 1.29 is 14.7 Å². The lowest BCUT2D eigenvalue weighted by atomic mass is 10.2. The highest BCUT2D eigenvalue weighted by molar-refractivity contribution is 5.67. The molecule has 0 bridgehead atoms. The largest absolute Gasteiger partial charge is 0.481 e. The zero-order valence-corrected chi connectivity index (χ0v) is 9.15. The average molecular weight is 218 g/mol. The number of hydrogen-bond donors (Lipinski definition) is 3. The second-order valence-corrected chi connectivity index (χ2v) is 3.09. The van der Waals surface area contributed by atoms with Crippen LogP contribution < -0.4 is 11.5 Å². The van der Waals surface area contributed by atoms with Crippen LogP contribution in [0, 0.1) is 0 Å². The second kappa shape index (κ2) is 15.5. The smallest absolute Gasteiger partial charge is 0.303 e. The minimum Gasteiger partial charge on any atom is -0.481 e. The molecule has 0 atom stereocenters.